The lowest BCUT2D eigenvalue weighted by Crippen LogP contribution is -2.14. The SMILES string of the molecule is Cc1ccc(C)c(C(=O)Nc2ccc(Br)c(C(=O)O)c2)c1. The Balaban J connectivity index is 2.29. The standard InChI is InChI=1S/C16H14BrNO3/c1-9-3-4-10(2)12(7-9)15(19)18-11-5-6-14(17)13(8-11)16(20)21/h3-8H,1-2H3,(H,18,19)(H,20,21). The van der Waals surface area contributed by atoms with E-state index in [9.17, 15) is 9.59 Å². The van der Waals surface area contributed by atoms with E-state index >= 15 is 0 Å². The van der Waals surface area contributed by atoms with Crippen molar-refractivity contribution in [1.82, 2.24) is 0 Å². The summed E-state index contributed by atoms with van der Waals surface area (Å²) in [6.07, 6.45) is 0. The molecule has 4 nitrogen and oxygen atoms in total. The molecule has 21 heavy (non-hydrogen) atoms. The highest BCUT2D eigenvalue weighted by atomic mass is 79.9. The number of carboxylic acid groups (broad SMARTS) is 1. The Labute approximate surface area is 130 Å². The second-order valence-electron chi connectivity index (χ2n) is 4.77. The summed E-state index contributed by atoms with van der Waals surface area (Å²) in [5.41, 5.74) is 2.99. The Bertz CT molecular complexity index is 725. The maximum absolute atomic E-state index is 12.3. The number of nitrogens with one attached hydrogen (secondary N) is 1. The normalized spacial score (nSPS) is 10.2. The number of carbonyl (C=O) groups excluding carboxylic acids is 1. The summed E-state index contributed by atoms with van der Waals surface area (Å²) in [6.45, 7) is 3.77. The van der Waals surface area contributed by atoms with Gasteiger partial charge in [0.25, 0.3) is 5.91 Å². The van der Waals surface area contributed by atoms with Crippen LogP contribution in [0.5, 0.6) is 0 Å². The molecule has 108 valence electrons. The fourth-order valence-electron chi connectivity index (χ4n) is 1.95. The molecular weight excluding hydrogens is 334 g/mol. The number of aryl methyl sites for hydroxylation is 2. The molecule has 2 aromatic rings. The zero-order valence-electron chi connectivity index (χ0n) is 11.6. The predicted molar refractivity (Wildman–Crippen MR) is 85.0 cm³/mol. The predicted octanol–water partition coefficient (Wildman–Crippen LogP) is 4.02. The second-order valence-corrected chi connectivity index (χ2v) is 5.63. The first kappa shape index (κ1) is 15.3. The quantitative estimate of drug-likeness (QED) is 0.881. The molecule has 0 aromatic heterocycles. The molecule has 0 saturated carbocycles. The zero-order valence-corrected chi connectivity index (χ0v) is 13.2. The summed E-state index contributed by atoms with van der Waals surface area (Å²) in [6, 6.07) is 10.3. The molecule has 0 aliphatic heterocycles. The highest BCUT2D eigenvalue weighted by molar-refractivity contribution is 9.10. The van der Waals surface area contributed by atoms with Crippen LogP contribution in [0.3, 0.4) is 0 Å². The summed E-state index contributed by atoms with van der Waals surface area (Å²) >= 11 is 3.17. The van der Waals surface area contributed by atoms with Gasteiger partial charge in [0.1, 0.15) is 0 Å². The van der Waals surface area contributed by atoms with Crippen molar-refractivity contribution in [3.05, 3.63) is 63.1 Å². The molecule has 0 bridgehead atoms. The van der Waals surface area contributed by atoms with E-state index in [1.807, 2.05) is 32.0 Å². The molecule has 0 saturated heterocycles. The third-order valence-corrected chi connectivity index (χ3v) is 3.78. The summed E-state index contributed by atoms with van der Waals surface area (Å²) in [4.78, 5) is 23.4. The van der Waals surface area contributed by atoms with Gasteiger partial charge >= 0.3 is 5.97 Å². The molecule has 0 unspecified atom stereocenters. The highest BCUT2D eigenvalue weighted by Crippen LogP contribution is 2.22. The lowest BCUT2D eigenvalue weighted by atomic mass is 10.0. The van der Waals surface area contributed by atoms with E-state index in [0.29, 0.717) is 15.7 Å². The Morgan fingerprint density at radius 2 is 1.76 bits per heavy atom. The minimum absolute atomic E-state index is 0.105. The van der Waals surface area contributed by atoms with Crippen LogP contribution in [-0.2, 0) is 0 Å². The number of halogens is 1. The van der Waals surface area contributed by atoms with Gasteiger partial charge in [-0.1, -0.05) is 17.7 Å². The molecule has 0 aliphatic rings. The number of hydrogen-bond acceptors (Lipinski definition) is 2. The van der Waals surface area contributed by atoms with Crippen molar-refractivity contribution < 1.29 is 14.7 Å². The molecule has 0 atom stereocenters. The van der Waals surface area contributed by atoms with Gasteiger partial charge in [-0.15, -0.1) is 0 Å². The van der Waals surface area contributed by atoms with Crippen molar-refractivity contribution in [2.24, 2.45) is 0 Å². The third kappa shape index (κ3) is 3.49. The van der Waals surface area contributed by atoms with Gasteiger partial charge in [0.05, 0.1) is 5.56 Å². The smallest absolute Gasteiger partial charge is 0.336 e. The van der Waals surface area contributed by atoms with E-state index in [0.717, 1.165) is 11.1 Å². The van der Waals surface area contributed by atoms with Crippen molar-refractivity contribution >= 4 is 33.5 Å². The summed E-state index contributed by atoms with van der Waals surface area (Å²) in [5, 5.41) is 11.8. The average molecular weight is 348 g/mol. The van der Waals surface area contributed by atoms with E-state index in [4.69, 9.17) is 5.11 Å². The Morgan fingerprint density at radius 3 is 2.43 bits per heavy atom. The first-order chi connectivity index (χ1) is 9.88. The minimum Gasteiger partial charge on any atom is -0.478 e. The summed E-state index contributed by atoms with van der Waals surface area (Å²) in [5.74, 6) is -1.31. The number of rotatable bonds is 3. The number of aromatic carboxylic acids is 1. The van der Waals surface area contributed by atoms with Crippen molar-refractivity contribution in [3.8, 4) is 0 Å². The Kier molecular flexibility index (Phi) is 4.43. The van der Waals surface area contributed by atoms with Crippen LogP contribution in [0, 0.1) is 13.8 Å². The number of anilines is 1. The molecule has 2 aromatic carbocycles. The van der Waals surface area contributed by atoms with Gasteiger partial charge in [-0.25, -0.2) is 4.79 Å². The lowest BCUT2D eigenvalue weighted by molar-refractivity contribution is 0.0695. The van der Waals surface area contributed by atoms with Gasteiger partial charge in [-0.3, -0.25) is 4.79 Å². The van der Waals surface area contributed by atoms with Gasteiger partial charge in [-0.05, 0) is 59.6 Å². The molecule has 5 heteroatoms. The van der Waals surface area contributed by atoms with Crippen LogP contribution in [0.2, 0.25) is 0 Å². The van der Waals surface area contributed by atoms with Gasteiger partial charge in [0, 0.05) is 15.7 Å². The van der Waals surface area contributed by atoms with Crippen molar-refractivity contribution in [3.63, 3.8) is 0 Å². The average Bonchev–Trinajstić information content (AvgIpc) is 2.43. The fraction of sp³-hybridized carbons (Fsp3) is 0.125. The number of amides is 1. The van der Waals surface area contributed by atoms with Gasteiger partial charge in [0.15, 0.2) is 0 Å². The van der Waals surface area contributed by atoms with E-state index in [2.05, 4.69) is 21.2 Å². The molecule has 0 aliphatic carbocycles. The van der Waals surface area contributed by atoms with Crippen molar-refractivity contribution in [2.45, 2.75) is 13.8 Å². The van der Waals surface area contributed by atoms with Crippen molar-refractivity contribution in [1.29, 1.82) is 0 Å². The van der Waals surface area contributed by atoms with Gasteiger partial charge in [-0.2, -0.15) is 0 Å². The number of hydrogen-bond donors (Lipinski definition) is 2. The molecular formula is C16H14BrNO3. The molecule has 2 N–H and O–H groups in total. The maximum atomic E-state index is 12.3. The number of carbonyl (C=O) groups is 2. The van der Waals surface area contributed by atoms with Crippen LogP contribution in [0.15, 0.2) is 40.9 Å². The molecule has 1 amide bonds. The van der Waals surface area contributed by atoms with E-state index in [-0.39, 0.29) is 11.5 Å². The van der Waals surface area contributed by atoms with Crippen LogP contribution in [0.25, 0.3) is 0 Å². The highest BCUT2D eigenvalue weighted by Gasteiger charge is 2.13. The lowest BCUT2D eigenvalue weighted by Gasteiger charge is -2.10. The zero-order chi connectivity index (χ0) is 15.6. The number of benzene rings is 2. The molecule has 0 spiro atoms. The van der Waals surface area contributed by atoms with Crippen LogP contribution < -0.4 is 5.32 Å². The first-order valence-corrected chi connectivity index (χ1v) is 7.09. The van der Waals surface area contributed by atoms with Crippen LogP contribution in [0.4, 0.5) is 5.69 Å². The van der Waals surface area contributed by atoms with Gasteiger partial charge in [0.2, 0.25) is 0 Å². The maximum Gasteiger partial charge on any atom is 0.336 e. The van der Waals surface area contributed by atoms with E-state index in [1.165, 1.54) is 6.07 Å². The van der Waals surface area contributed by atoms with Crippen LogP contribution >= 0.6 is 15.9 Å². The summed E-state index contributed by atoms with van der Waals surface area (Å²) < 4.78 is 0.472. The molecule has 0 radical (unpaired) electrons. The van der Waals surface area contributed by atoms with Crippen LogP contribution in [0.1, 0.15) is 31.8 Å². The molecule has 0 fully saturated rings. The van der Waals surface area contributed by atoms with E-state index in [1.54, 1.807) is 12.1 Å². The molecule has 0 heterocycles. The second kappa shape index (κ2) is 6.10. The monoisotopic (exact) mass is 347 g/mol. The first-order valence-electron chi connectivity index (χ1n) is 6.30. The van der Waals surface area contributed by atoms with Crippen LogP contribution in [-0.4, -0.2) is 17.0 Å². The summed E-state index contributed by atoms with van der Waals surface area (Å²) in [7, 11) is 0. The fourth-order valence-corrected chi connectivity index (χ4v) is 2.36. The van der Waals surface area contributed by atoms with E-state index < -0.39 is 5.97 Å². The Morgan fingerprint density at radius 1 is 1.05 bits per heavy atom. The Hall–Kier alpha value is -2.14. The number of carboxylic acids is 1. The van der Waals surface area contributed by atoms with Crippen molar-refractivity contribution in [2.75, 3.05) is 5.32 Å². The van der Waals surface area contributed by atoms with Gasteiger partial charge < -0.3 is 10.4 Å². The largest absolute Gasteiger partial charge is 0.478 e. The molecule has 2 rings (SSSR count). The minimum atomic E-state index is -1.05. The topological polar surface area (TPSA) is 66.4 Å². The third-order valence-electron chi connectivity index (χ3n) is 3.09.